The van der Waals surface area contributed by atoms with Crippen LogP contribution in [0.4, 0.5) is 5.69 Å². The number of Topliss-reactive ketones (excluding diaryl/α,β-unsaturated/α-hetero) is 1. The summed E-state index contributed by atoms with van der Waals surface area (Å²) in [7, 11) is 0. The molecule has 0 saturated heterocycles. The van der Waals surface area contributed by atoms with Crippen molar-refractivity contribution >= 4 is 29.2 Å². The van der Waals surface area contributed by atoms with Gasteiger partial charge in [-0.05, 0) is 37.1 Å². The summed E-state index contributed by atoms with van der Waals surface area (Å²) in [6.07, 6.45) is 0. The average Bonchev–Trinajstić information content (AvgIpc) is 2.60. The number of esters is 1. The Bertz CT molecular complexity index is 819. The van der Waals surface area contributed by atoms with Crippen LogP contribution < -0.4 is 0 Å². The van der Waals surface area contributed by atoms with Crippen LogP contribution in [-0.2, 0) is 9.53 Å². The Morgan fingerprint density at radius 1 is 1.12 bits per heavy atom. The minimum atomic E-state index is -0.597. The first kappa shape index (κ1) is 18.7. The predicted octanol–water partition coefficient (Wildman–Crippen LogP) is 3.73. The van der Waals surface area contributed by atoms with Gasteiger partial charge in [0.2, 0.25) is 0 Å². The highest BCUT2D eigenvalue weighted by Crippen LogP contribution is 2.28. The Morgan fingerprint density at radius 3 is 2.52 bits per heavy atom. The minimum absolute atomic E-state index is 0.0634. The largest absolute Gasteiger partial charge is 0.457 e. The fourth-order valence-electron chi connectivity index (χ4n) is 2.05. The summed E-state index contributed by atoms with van der Waals surface area (Å²) >= 11 is 1.01. The lowest BCUT2D eigenvalue weighted by atomic mass is 10.0. The van der Waals surface area contributed by atoms with Crippen molar-refractivity contribution < 1.29 is 19.2 Å². The number of carbonyl (C=O) groups excluding carboxylic acids is 2. The van der Waals surface area contributed by atoms with E-state index < -0.39 is 10.9 Å². The van der Waals surface area contributed by atoms with Crippen LogP contribution in [0.15, 0.2) is 47.4 Å². The third kappa shape index (κ3) is 5.15. The van der Waals surface area contributed by atoms with E-state index in [1.165, 1.54) is 6.07 Å². The van der Waals surface area contributed by atoms with E-state index in [0.29, 0.717) is 10.5 Å². The van der Waals surface area contributed by atoms with Crippen LogP contribution in [0, 0.1) is 24.0 Å². The van der Waals surface area contributed by atoms with E-state index in [9.17, 15) is 19.7 Å². The van der Waals surface area contributed by atoms with E-state index in [1.807, 2.05) is 19.9 Å². The van der Waals surface area contributed by atoms with E-state index >= 15 is 0 Å². The minimum Gasteiger partial charge on any atom is -0.457 e. The molecule has 0 bridgehead atoms. The van der Waals surface area contributed by atoms with Crippen molar-refractivity contribution in [1.82, 2.24) is 0 Å². The number of rotatable bonds is 7. The summed E-state index contributed by atoms with van der Waals surface area (Å²) in [6.45, 7) is 3.50. The molecule has 7 heteroatoms. The lowest BCUT2D eigenvalue weighted by Gasteiger charge is -2.06. The number of ketones is 1. The second kappa shape index (κ2) is 8.43. The van der Waals surface area contributed by atoms with Gasteiger partial charge in [-0.2, -0.15) is 0 Å². The number of ether oxygens (including phenoxy) is 1. The fraction of sp³-hybridized carbons (Fsp3) is 0.222. The molecule has 2 aromatic rings. The highest BCUT2D eigenvalue weighted by Gasteiger charge is 2.16. The highest BCUT2D eigenvalue weighted by molar-refractivity contribution is 8.00. The van der Waals surface area contributed by atoms with Crippen molar-refractivity contribution in [3.05, 3.63) is 69.3 Å². The second-order valence-corrected chi connectivity index (χ2v) is 6.41. The Hall–Kier alpha value is -2.67. The Balaban J connectivity index is 1.88. The van der Waals surface area contributed by atoms with E-state index in [4.69, 9.17) is 4.74 Å². The molecular formula is C18H17NO5S. The van der Waals surface area contributed by atoms with Gasteiger partial charge in [0.1, 0.15) is 0 Å². The zero-order valence-electron chi connectivity index (χ0n) is 13.9. The number of para-hydroxylation sites is 1. The molecule has 2 rings (SSSR count). The van der Waals surface area contributed by atoms with Gasteiger partial charge in [0.05, 0.1) is 15.6 Å². The Kier molecular flexibility index (Phi) is 6.30. The van der Waals surface area contributed by atoms with Crippen molar-refractivity contribution in [3.8, 4) is 0 Å². The van der Waals surface area contributed by atoms with Crippen molar-refractivity contribution in [2.24, 2.45) is 0 Å². The van der Waals surface area contributed by atoms with Gasteiger partial charge in [-0.15, -0.1) is 11.8 Å². The van der Waals surface area contributed by atoms with Crippen LogP contribution in [0.5, 0.6) is 0 Å². The SMILES string of the molecule is Cc1ccc(C(=O)COC(=O)CSc2ccccc2[N+](=O)[O-])cc1C. The number of benzene rings is 2. The van der Waals surface area contributed by atoms with E-state index in [1.54, 1.807) is 30.3 Å². The van der Waals surface area contributed by atoms with Crippen LogP contribution in [0.3, 0.4) is 0 Å². The zero-order chi connectivity index (χ0) is 18.4. The van der Waals surface area contributed by atoms with Crippen LogP contribution >= 0.6 is 11.8 Å². The molecule has 0 radical (unpaired) electrons. The molecule has 0 aliphatic carbocycles. The molecule has 0 N–H and O–H groups in total. The molecule has 25 heavy (non-hydrogen) atoms. The van der Waals surface area contributed by atoms with Gasteiger partial charge >= 0.3 is 5.97 Å². The maximum absolute atomic E-state index is 12.1. The Labute approximate surface area is 149 Å². The first-order chi connectivity index (χ1) is 11.9. The third-order valence-electron chi connectivity index (χ3n) is 3.60. The maximum Gasteiger partial charge on any atom is 0.316 e. The lowest BCUT2D eigenvalue weighted by molar-refractivity contribution is -0.387. The topological polar surface area (TPSA) is 86.5 Å². The predicted molar refractivity (Wildman–Crippen MR) is 95.0 cm³/mol. The molecule has 0 spiro atoms. The van der Waals surface area contributed by atoms with Gasteiger partial charge in [0.15, 0.2) is 12.4 Å². The molecule has 0 unspecified atom stereocenters. The van der Waals surface area contributed by atoms with Gasteiger partial charge in [-0.25, -0.2) is 0 Å². The van der Waals surface area contributed by atoms with Gasteiger partial charge in [-0.1, -0.05) is 24.3 Å². The number of hydrogen-bond donors (Lipinski definition) is 0. The fourth-order valence-corrected chi connectivity index (χ4v) is 2.87. The number of nitro benzene ring substituents is 1. The molecule has 6 nitrogen and oxygen atoms in total. The zero-order valence-corrected chi connectivity index (χ0v) is 14.7. The summed E-state index contributed by atoms with van der Waals surface area (Å²) in [5.74, 6) is -0.988. The molecule has 0 heterocycles. The van der Waals surface area contributed by atoms with Crippen molar-refractivity contribution in [3.63, 3.8) is 0 Å². The molecule has 0 atom stereocenters. The summed E-state index contributed by atoms with van der Waals surface area (Å²) in [6, 6.07) is 11.4. The van der Waals surface area contributed by atoms with Crippen LogP contribution in [-0.4, -0.2) is 29.0 Å². The van der Waals surface area contributed by atoms with Crippen LogP contribution in [0.2, 0.25) is 0 Å². The quantitative estimate of drug-likeness (QED) is 0.246. The number of nitro groups is 1. The van der Waals surface area contributed by atoms with Crippen LogP contribution in [0.1, 0.15) is 21.5 Å². The van der Waals surface area contributed by atoms with Crippen LogP contribution in [0.25, 0.3) is 0 Å². The number of thioether (sulfide) groups is 1. The van der Waals surface area contributed by atoms with Gasteiger partial charge < -0.3 is 4.74 Å². The van der Waals surface area contributed by atoms with Gasteiger partial charge in [0.25, 0.3) is 5.69 Å². The number of carbonyl (C=O) groups is 2. The summed E-state index contributed by atoms with van der Waals surface area (Å²) < 4.78 is 4.97. The molecule has 0 saturated carbocycles. The second-order valence-electron chi connectivity index (χ2n) is 5.40. The number of hydrogen-bond acceptors (Lipinski definition) is 6. The maximum atomic E-state index is 12.1. The van der Waals surface area contributed by atoms with E-state index in [0.717, 1.165) is 22.9 Å². The molecule has 130 valence electrons. The highest BCUT2D eigenvalue weighted by atomic mass is 32.2. The lowest BCUT2D eigenvalue weighted by Crippen LogP contribution is -2.15. The summed E-state index contributed by atoms with van der Waals surface area (Å²) in [5.41, 5.74) is 2.49. The molecular weight excluding hydrogens is 342 g/mol. The number of aryl methyl sites for hydroxylation is 2. The molecule has 2 aromatic carbocycles. The van der Waals surface area contributed by atoms with E-state index in [2.05, 4.69) is 0 Å². The third-order valence-corrected chi connectivity index (χ3v) is 4.64. The van der Waals surface area contributed by atoms with E-state index in [-0.39, 0.29) is 23.8 Å². The molecule has 0 aromatic heterocycles. The Morgan fingerprint density at radius 2 is 1.84 bits per heavy atom. The molecule has 0 fully saturated rings. The normalized spacial score (nSPS) is 10.3. The first-order valence-electron chi connectivity index (χ1n) is 7.51. The monoisotopic (exact) mass is 359 g/mol. The van der Waals surface area contributed by atoms with Crippen molar-refractivity contribution in [2.45, 2.75) is 18.7 Å². The van der Waals surface area contributed by atoms with Gasteiger partial charge in [-0.3, -0.25) is 19.7 Å². The van der Waals surface area contributed by atoms with Crippen molar-refractivity contribution in [1.29, 1.82) is 0 Å². The molecule has 0 amide bonds. The molecule has 0 aliphatic heterocycles. The average molecular weight is 359 g/mol. The number of nitrogens with zero attached hydrogens (tertiary/aromatic N) is 1. The summed E-state index contributed by atoms with van der Waals surface area (Å²) in [4.78, 5) is 34.6. The standard InChI is InChI=1S/C18H17NO5S/c1-12-7-8-14(9-13(12)2)16(20)10-24-18(21)11-25-17-6-4-3-5-15(17)19(22)23/h3-9H,10-11H2,1-2H3. The molecule has 0 aliphatic rings. The van der Waals surface area contributed by atoms with Crippen molar-refractivity contribution in [2.75, 3.05) is 12.4 Å². The first-order valence-corrected chi connectivity index (χ1v) is 8.49. The smallest absolute Gasteiger partial charge is 0.316 e. The summed E-state index contributed by atoms with van der Waals surface area (Å²) in [5, 5.41) is 10.9. The van der Waals surface area contributed by atoms with Gasteiger partial charge in [0, 0.05) is 11.6 Å².